The molecule has 41 heteroatoms. The number of halogens is 3. The number of piperidine rings is 3. The first-order chi connectivity index (χ1) is 44.2. The predicted octanol–water partition coefficient (Wildman–Crippen LogP) is 2.06. The topological polar surface area (TPSA) is 422 Å². The van der Waals surface area contributed by atoms with Crippen molar-refractivity contribution >= 4 is 110 Å². The first-order valence-corrected chi connectivity index (χ1v) is 34.2. The number of phosphoric ester groups is 1. The molecular formula is C51H72Cl3N18O16PS3. The SMILES string of the molecule is CCc1nc(C(=O)N[C@@H]2CCN(c3nnc([C@H](O)CO)s3)C[C@@H]2OC)n(COP(=O)(OCn2c(C(=O)N[C@@H]3CCN(c4nnc([C@H](O)CO)s4)C[C@@H]3OC)nc(CC)c2Cl)OCn2c(C(=O)N[C@@H]3CCN(c4nnc([C@H](O)CO)s4)C[C@@H]3OC)nc(CC)c2Cl)c1Cl. The highest BCUT2D eigenvalue weighted by Gasteiger charge is 2.40. The number of nitrogens with zero attached hydrogens (tertiary/aromatic N) is 15. The van der Waals surface area contributed by atoms with Crippen molar-refractivity contribution in [2.75, 3.05) is 95.1 Å². The fourth-order valence-corrected chi connectivity index (χ4v) is 14.9. The fraction of sp³-hybridized carbons (Fsp3) is 0.647. The standard InChI is InChI=1S/C51H72Cl3N18O16PS3/c1-7-25-37(52)70(40(55-25)43(79)58-28-10-13-67(16-34(28)83-4)49-64-61-46(90-49)31(76)19-73)22-86-89(82,87-23-71-38(53)26(8-2)56-41(71)44(80)59-29-11-14-68(17-35(29)84-5)50-65-62-47(91-50)32(77)20-74)88-24-72-39(54)27(9-3)57-42(72)45(81)60-30-12-15-69(18-36(30)85-6)51-66-63-48(92-51)33(78)21-75/h28-36,73-78H,7-24H2,1-6H3,(H,58,79)(H,59,80)(H,60,81)/t28-,29-,30-,31-,32-,33-,34+,35+,36+/m1/s1. The molecule has 92 heavy (non-hydrogen) atoms. The smallest absolute Gasteiger partial charge is 0.393 e. The lowest BCUT2D eigenvalue weighted by Crippen LogP contribution is -2.55. The predicted molar refractivity (Wildman–Crippen MR) is 333 cm³/mol. The number of aliphatic hydroxyl groups is 6. The Morgan fingerprint density at radius 1 is 0.511 bits per heavy atom. The molecule has 0 unspecified atom stereocenters. The molecule has 0 radical (unpaired) electrons. The van der Waals surface area contributed by atoms with Crippen LogP contribution in [0.5, 0.6) is 0 Å². The summed E-state index contributed by atoms with van der Waals surface area (Å²) < 4.78 is 54.9. The van der Waals surface area contributed by atoms with Crippen LogP contribution >= 0.6 is 76.6 Å². The monoisotopic (exact) mass is 1420 g/mol. The summed E-state index contributed by atoms with van der Waals surface area (Å²) >= 11 is 24.2. The second-order valence-corrected chi connectivity index (χ2v) is 26.9. The van der Waals surface area contributed by atoms with Crippen molar-refractivity contribution in [3.05, 3.63) is 65.0 Å². The molecule has 3 amide bonds. The molecule has 9 heterocycles. The third kappa shape index (κ3) is 16.0. The van der Waals surface area contributed by atoms with E-state index in [-0.39, 0.29) is 104 Å². The number of aromatic nitrogens is 12. The average molecular weight is 1430 g/mol. The minimum Gasteiger partial charge on any atom is -0.393 e. The van der Waals surface area contributed by atoms with Gasteiger partial charge in [0.15, 0.2) is 0 Å². The van der Waals surface area contributed by atoms with E-state index in [4.69, 9.17) is 62.6 Å². The molecule has 0 aliphatic carbocycles. The van der Waals surface area contributed by atoms with Crippen LogP contribution in [0, 0.1) is 0 Å². The highest BCUT2D eigenvalue weighted by Crippen LogP contribution is 2.51. The summed E-state index contributed by atoms with van der Waals surface area (Å²) in [6, 6.07) is -1.75. The molecule has 506 valence electrons. The lowest BCUT2D eigenvalue weighted by molar-refractivity contribution is 0.0456. The number of amides is 3. The van der Waals surface area contributed by atoms with Crippen molar-refractivity contribution in [1.82, 2.24) is 75.2 Å². The van der Waals surface area contributed by atoms with E-state index in [0.717, 1.165) is 47.7 Å². The molecule has 6 aromatic rings. The summed E-state index contributed by atoms with van der Waals surface area (Å²) in [5, 5.41) is 94.2. The van der Waals surface area contributed by atoms with Crippen molar-refractivity contribution < 1.29 is 77.4 Å². The Kier molecular flexibility index (Phi) is 24.7. The molecule has 9 atom stereocenters. The first kappa shape index (κ1) is 71.0. The summed E-state index contributed by atoms with van der Waals surface area (Å²) in [5.41, 5.74) is 0.821. The van der Waals surface area contributed by atoms with E-state index in [1.165, 1.54) is 21.3 Å². The molecule has 9 rings (SSSR count). The van der Waals surface area contributed by atoms with Gasteiger partial charge < -0.3 is 75.5 Å². The maximum absolute atomic E-state index is 15.6. The van der Waals surface area contributed by atoms with Crippen LogP contribution in [-0.2, 0) is 71.8 Å². The minimum atomic E-state index is -5.11. The van der Waals surface area contributed by atoms with Gasteiger partial charge in [0.2, 0.25) is 32.9 Å². The molecular weight excluding hydrogens is 1350 g/mol. The van der Waals surface area contributed by atoms with Gasteiger partial charge in [-0.3, -0.25) is 41.7 Å². The van der Waals surface area contributed by atoms with E-state index < -0.39 is 120 Å². The summed E-state index contributed by atoms with van der Waals surface area (Å²) in [4.78, 5) is 62.6. The van der Waals surface area contributed by atoms with Gasteiger partial charge in [0.1, 0.15) is 69.0 Å². The number of aliphatic hydroxyl groups excluding tert-OH is 6. The number of aryl methyl sites for hydroxylation is 3. The number of nitrogens with one attached hydrogen (secondary N) is 3. The zero-order valence-corrected chi connectivity index (χ0v) is 56.3. The number of ether oxygens (including phenoxy) is 3. The van der Waals surface area contributed by atoms with E-state index in [1.807, 2.05) is 14.7 Å². The number of phosphoric acid groups is 1. The second kappa shape index (κ2) is 32.0. The molecule has 0 bridgehead atoms. The van der Waals surface area contributed by atoms with Crippen molar-refractivity contribution in [2.24, 2.45) is 0 Å². The van der Waals surface area contributed by atoms with Crippen molar-refractivity contribution in [2.45, 2.75) is 134 Å². The van der Waals surface area contributed by atoms with Gasteiger partial charge >= 0.3 is 7.82 Å². The Balaban J connectivity index is 0.965. The Labute approximate surface area is 553 Å². The van der Waals surface area contributed by atoms with E-state index in [2.05, 4.69) is 61.5 Å². The fourth-order valence-electron chi connectivity index (χ4n) is 10.4. The molecule has 3 saturated heterocycles. The average Bonchev–Trinajstić information content (AvgIpc) is 1.66. The number of hydrogen-bond acceptors (Lipinski definition) is 31. The van der Waals surface area contributed by atoms with Crippen LogP contribution in [0.15, 0.2) is 0 Å². The summed E-state index contributed by atoms with van der Waals surface area (Å²) in [7, 11) is -0.652. The van der Waals surface area contributed by atoms with Crippen LogP contribution in [0.25, 0.3) is 0 Å². The molecule has 34 nitrogen and oxygen atoms in total. The van der Waals surface area contributed by atoms with Crippen LogP contribution in [0.1, 0.15) is 122 Å². The molecule has 6 aromatic heterocycles. The molecule has 0 aromatic carbocycles. The van der Waals surface area contributed by atoms with Gasteiger partial charge in [-0.05, 0) is 38.5 Å². The normalized spacial score (nSPS) is 20.8. The maximum Gasteiger partial charge on any atom is 0.480 e. The summed E-state index contributed by atoms with van der Waals surface area (Å²) in [6.45, 7) is 3.23. The molecule has 0 spiro atoms. The Morgan fingerprint density at radius 2 is 0.783 bits per heavy atom. The highest BCUT2D eigenvalue weighted by atomic mass is 35.5. The number of methoxy groups -OCH3 is 3. The molecule has 3 fully saturated rings. The summed E-state index contributed by atoms with van der Waals surface area (Å²) in [6.07, 6.45) is -3.57. The molecule has 9 N–H and O–H groups in total. The third-order valence-corrected chi connectivity index (χ3v) is 21.4. The van der Waals surface area contributed by atoms with Crippen LogP contribution in [0.2, 0.25) is 15.5 Å². The van der Waals surface area contributed by atoms with Gasteiger partial charge in [-0.25, -0.2) is 19.5 Å². The zero-order chi connectivity index (χ0) is 66.1. The zero-order valence-electron chi connectivity index (χ0n) is 50.7. The van der Waals surface area contributed by atoms with Crippen LogP contribution in [0.3, 0.4) is 0 Å². The maximum atomic E-state index is 15.6. The number of hydrogen-bond donors (Lipinski definition) is 9. The third-order valence-electron chi connectivity index (χ3n) is 15.6. The highest BCUT2D eigenvalue weighted by molar-refractivity contribution is 7.48. The Hall–Kier alpha value is -5.26. The number of carbonyl (C=O) groups is 3. The van der Waals surface area contributed by atoms with Gasteiger partial charge in [0, 0.05) is 60.6 Å². The lowest BCUT2D eigenvalue weighted by Gasteiger charge is -2.37. The van der Waals surface area contributed by atoms with Gasteiger partial charge in [-0.15, -0.1) is 30.6 Å². The summed E-state index contributed by atoms with van der Waals surface area (Å²) in [5.74, 6) is -2.88. The van der Waals surface area contributed by atoms with Gasteiger partial charge in [-0.1, -0.05) is 89.6 Å². The van der Waals surface area contributed by atoms with Crippen molar-refractivity contribution in [1.29, 1.82) is 0 Å². The van der Waals surface area contributed by atoms with Crippen LogP contribution in [0.4, 0.5) is 15.4 Å². The van der Waals surface area contributed by atoms with E-state index in [0.29, 0.717) is 54.3 Å². The molecule has 3 aliphatic rings. The van der Waals surface area contributed by atoms with Crippen molar-refractivity contribution in [3.8, 4) is 0 Å². The number of anilines is 3. The lowest BCUT2D eigenvalue weighted by atomic mass is 10.0. The number of carbonyl (C=O) groups excluding carboxylic acids is 3. The van der Waals surface area contributed by atoms with Gasteiger partial charge in [0.05, 0.1) is 73.3 Å². The van der Waals surface area contributed by atoms with E-state index in [9.17, 15) is 45.0 Å². The largest absolute Gasteiger partial charge is 0.480 e. The second-order valence-electron chi connectivity index (χ2n) is 21.2. The van der Waals surface area contributed by atoms with Crippen molar-refractivity contribution in [3.63, 3.8) is 0 Å². The Morgan fingerprint density at radius 3 is 1.02 bits per heavy atom. The number of imidazole rings is 3. The number of rotatable bonds is 30. The van der Waals surface area contributed by atoms with Crippen LogP contribution < -0.4 is 30.7 Å². The minimum absolute atomic E-state index is 0.0598. The molecule has 3 aliphatic heterocycles. The Bertz CT molecular complexity index is 3190. The van der Waals surface area contributed by atoms with Gasteiger partial charge in [0.25, 0.3) is 17.7 Å². The van der Waals surface area contributed by atoms with Crippen LogP contribution in [-0.4, -0.2) is 224 Å². The van der Waals surface area contributed by atoms with E-state index in [1.54, 1.807) is 20.8 Å². The van der Waals surface area contributed by atoms with E-state index >= 15 is 4.57 Å². The molecule has 0 saturated carbocycles. The first-order valence-electron chi connectivity index (χ1n) is 29.1. The quantitative estimate of drug-likeness (QED) is 0.0291. The van der Waals surface area contributed by atoms with Gasteiger partial charge in [-0.2, -0.15) is 0 Å².